The molecule has 4 unspecified atom stereocenters. The lowest BCUT2D eigenvalue weighted by atomic mass is 10.0. The SMILES string of the molecule is O=C(O)CC(NC(=O)C(Cc1ccc(O)cc1)NC(=O)C(Cc1c[nH]c2ccccc12)NC(=O)C1CCCN1)C(=O)O. The largest absolute Gasteiger partial charge is 0.508 e. The van der Waals surface area contributed by atoms with E-state index < -0.39 is 54.3 Å². The molecule has 2 heterocycles. The molecule has 0 bridgehead atoms. The Balaban J connectivity index is 1.59. The fourth-order valence-corrected chi connectivity index (χ4v) is 4.91. The molecular formula is C29H33N5O8. The Hall–Kier alpha value is -4.91. The second-order valence-corrected chi connectivity index (χ2v) is 10.2. The summed E-state index contributed by atoms with van der Waals surface area (Å²) in [5, 5.41) is 39.7. The first kappa shape index (κ1) is 30.1. The maximum atomic E-state index is 13.7. The molecule has 13 nitrogen and oxygen atoms in total. The summed E-state index contributed by atoms with van der Waals surface area (Å²) in [6.07, 6.45) is 2.30. The Morgan fingerprint density at radius 2 is 1.52 bits per heavy atom. The highest BCUT2D eigenvalue weighted by Gasteiger charge is 2.32. The van der Waals surface area contributed by atoms with Gasteiger partial charge in [0.05, 0.1) is 12.5 Å². The summed E-state index contributed by atoms with van der Waals surface area (Å²) in [5.41, 5.74) is 2.14. The molecule has 0 spiro atoms. The van der Waals surface area contributed by atoms with E-state index in [1.54, 1.807) is 6.20 Å². The molecule has 3 amide bonds. The third-order valence-electron chi connectivity index (χ3n) is 7.11. The quantitative estimate of drug-likeness (QED) is 0.141. The highest BCUT2D eigenvalue weighted by molar-refractivity contribution is 5.95. The Bertz CT molecular complexity index is 1450. The lowest BCUT2D eigenvalue weighted by molar-refractivity contribution is -0.147. The van der Waals surface area contributed by atoms with E-state index in [2.05, 4.69) is 26.3 Å². The number of hydrogen-bond donors (Lipinski definition) is 8. The Morgan fingerprint density at radius 1 is 0.857 bits per heavy atom. The van der Waals surface area contributed by atoms with Gasteiger partial charge in [-0.25, -0.2) is 4.79 Å². The van der Waals surface area contributed by atoms with E-state index in [1.165, 1.54) is 24.3 Å². The fraction of sp³-hybridized carbons (Fsp3) is 0.345. The summed E-state index contributed by atoms with van der Waals surface area (Å²) in [5.74, 6) is -4.95. The number of amides is 3. The average molecular weight is 580 g/mol. The number of rotatable bonds is 13. The van der Waals surface area contributed by atoms with Crippen LogP contribution in [0.2, 0.25) is 0 Å². The van der Waals surface area contributed by atoms with Crippen molar-refractivity contribution in [3.63, 3.8) is 0 Å². The molecule has 3 aromatic rings. The first-order valence-electron chi connectivity index (χ1n) is 13.5. The number of carboxylic acids is 2. The number of hydrogen-bond acceptors (Lipinski definition) is 7. The van der Waals surface area contributed by atoms with Crippen molar-refractivity contribution in [3.05, 3.63) is 65.9 Å². The second kappa shape index (κ2) is 13.6. The summed E-state index contributed by atoms with van der Waals surface area (Å²) in [6.45, 7) is 0.674. The summed E-state index contributed by atoms with van der Waals surface area (Å²) < 4.78 is 0. The van der Waals surface area contributed by atoms with Crippen molar-refractivity contribution >= 4 is 40.6 Å². The first-order valence-corrected chi connectivity index (χ1v) is 13.5. The standard InChI is InChI=1S/C29H33N5O8/c35-18-9-7-16(8-10-18)12-22(27(39)34-24(29(41)42)14-25(36)37)32-28(40)23(33-26(38)21-6-3-11-30-21)13-17-15-31-20-5-2-1-4-19(17)20/h1-2,4-5,7-10,15,21-24,30-31,35H,3,6,11-14H2,(H,32,40)(H,33,38)(H,34,39)(H,36,37)(H,41,42). The molecule has 0 saturated carbocycles. The van der Waals surface area contributed by atoms with Gasteiger partial charge in [-0.15, -0.1) is 0 Å². The van der Waals surface area contributed by atoms with Gasteiger partial charge < -0.3 is 41.6 Å². The zero-order chi connectivity index (χ0) is 30.2. The molecule has 13 heteroatoms. The zero-order valence-corrected chi connectivity index (χ0v) is 22.6. The van der Waals surface area contributed by atoms with Crippen LogP contribution in [0.3, 0.4) is 0 Å². The molecule has 42 heavy (non-hydrogen) atoms. The number of nitrogens with one attached hydrogen (secondary N) is 5. The van der Waals surface area contributed by atoms with Crippen molar-refractivity contribution < 1.29 is 39.3 Å². The van der Waals surface area contributed by atoms with Crippen LogP contribution < -0.4 is 21.3 Å². The maximum absolute atomic E-state index is 13.7. The fourth-order valence-electron chi connectivity index (χ4n) is 4.91. The van der Waals surface area contributed by atoms with Crippen LogP contribution in [-0.2, 0) is 36.8 Å². The van der Waals surface area contributed by atoms with E-state index in [9.17, 15) is 34.2 Å². The number of aromatic hydroxyl groups is 1. The van der Waals surface area contributed by atoms with Gasteiger partial charge in [-0.2, -0.15) is 0 Å². The highest BCUT2D eigenvalue weighted by atomic mass is 16.4. The molecule has 222 valence electrons. The van der Waals surface area contributed by atoms with Crippen molar-refractivity contribution in [3.8, 4) is 5.75 Å². The van der Waals surface area contributed by atoms with E-state index in [0.717, 1.165) is 22.9 Å². The number of carbonyl (C=O) groups is 5. The Labute approximate surface area is 240 Å². The number of carboxylic acid groups (broad SMARTS) is 2. The molecule has 1 aliphatic heterocycles. The zero-order valence-electron chi connectivity index (χ0n) is 22.6. The van der Waals surface area contributed by atoms with E-state index in [4.69, 9.17) is 5.11 Å². The molecule has 1 saturated heterocycles. The number of phenolic OH excluding ortho intramolecular Hbond substituents is 1. The number of fused-ring (bicyclic) bond motifs is 1. The summed E-state index contributed by atoms with van der Waals surface area (Å²) >= 11 is 0. The predicted molar refractivity (Wildman–Crippen MR) is 151 cm³/mol. The number of phenols is 1. The van der Waals surface area contributed by atoms with E-state index in [0.29, 0.717) is 18.5 Å². The van der Waals surface area contributed by atoms with Crippen molar-refractivity contribution in [1.29, 1.82) is 0 Å². The molecule has 1 aromatic heterocycles. The monoisotopic (exact) mass is 579 g/mol. The minimum Gasteiger partial charge on any atom is -0.508 e. The lowest BCUT2D eigenvalue weighted by Gasteiger charge is -2.25. The molecule has 0 radical (unpaired) electrons. The van der Waals surface area contributed by atoms with Gasteiger partial charge in [0.25, 0.3) is 0 Å². The van der Waals surface area contributed by atoms with Gasteiger partial charge in [0.1, 0.15) is 23.9 Å². The molecule has 4 atom stereocenters. The topological polar surface area (TPSA) is 210 Å². The lowest BCUT2D eigenvalue weighted by Crippen LogP contribution is -2.58. The molecule has 1 fully saturated rings. The number of H-pyrrole nitrogens is 1. The molecule has 1 aliphatic rings. The summed E-state index contributed by atoms with van der Waals surface area (Å²) in [7, 11) is 0. The van der Waals surface area contributed by atoms with Crippen LogP contribution in [-0.4, -0.2) is 80.7 Å². The Morgan fingerprint density at radius 3 is 2.17 bits per heavy atom. The van der Waals surface area contributed by atoms with Gasteiger partial charge in [0.2, 0.25) is 17.7 Å². The minimum atomic E-state index is -1.73. The number of para-hydroxylation sites is 1. The van der Waals surface area contributed by atoms with Crippen molar-refractivity contribution in [2.24, 2.45) is 0 Å². The van der Waals surface area contributed by atoms with Crippen LogP contribution >= 0.6 is 0 Å². The van der Waals surface area contributed by atoms with E-state index in [1.807, 2.05) is 24.3 Å². The molecule has 0 aliphatic carbocycles. The second-order valence-electron chi connectivity index (χ2n) is 10.2. The van der Waals surface area contributed by atoms with Gasteiger partial charge in [-0.05, 0) is 48.7 Å². The van der Waals surface area contributed by atoms with Crippen LogP contribution in [0.15, 0.2) is 54.7 Å². The normalized spacial score (nSPS) is 16.7. The molecule has 4 rings (SSSR count). The number of aromatic amines is 1. The highest BCUT2D eigenvalue weighted by Crippen LogP contribution is 2.20. The number of aromatic nitrogens is 1. The minimum absolute atomic E-state index is 0.0155. The number of carbonyl (C=O) groups excluding carboxylic acids is 3. The van der Waals surface area contributed by atoms with Crippen LogP contribution in [0.5, 0.6) is 5.75 Å². The number of aliphatic carboxylic acids is 2. The van der Waals surface area contributed by atoms with Crippen LogP contribution in [0.1, 0.15) is 30.4 Å². The first-order chi connectivity index (χ1) is 20.1. The summed E-state index contributed by atoms with van der Waals surface area (Å²) in [6, 6.07) is 8.70. The van der Waals surface area contributed by atoms with Crippen LogP contribution in [0.4, 0.5) is 0 Å². The van der Waals surface area contributed by atoms with Crippen molar-refractivity contribution in [2.75, 3.05) is 6.54 Å². The van der Waals surface area contributed by atoms with E-state index in [-0.39, 0.29) is 24.5 Å². The smallest absolute Gasteiger partial charge is 0.326 e. The Kier molecular flexibility index (Phi) is 9.76. The average Bonchev–Trinajstić information content (AvgIpc) is 3.64. The van der Waals surface area contributed by atoms with Gasteiger partial charge in [0.15, 0.2) is 0 Å². The van der Waals surface area contributed by atoms with Crippen molar-refractivity contribution in [2.45, 2.75) is 56.3 Å². The summed E-state index contributed by atoms with van der Waals surface area (Å²) in [4.78, 5) is 65.9. The van der Waals surface area contributed by atoms with E-state index >= 15 is 0 Å². The number of benzene rings is 2. The molecule has 2 aromatic carbocycles. The molecular weight excluding hydrogens is 546 g/mol. The van der Waals surface area contributed by atoms with Crippen molar-refractivity contribution in [1.82, 2.24) is 26.3 Å². The third-order valence-corrected chi connectivity index (χ3v) is 7.11. The maximum Gasteiger partial charge on any atom is 0.326 e. The van der Waals surface area contributed by atoms with Gasteiger partial charge in [-0.3, -0.25) is 19.2 Å². The third kappa shape index (κ3) is 7.85. The van der Waals surface area contributed by atoms with Gasteiger partial charge in [-0.1, -0.05) is 30.3 Å². The van der Waals surface area contributed by atoms with Gasteiger partial charge in [0, 0.05) is 29.9 Å². The molecule has 8 N–H and O–H groups in total. The van der Waals surface area contributed by atoms with Gasteiger partial charge >= 0.3 is 11.9 Å². The van der Waals surface area contributed by atoms with Crippen LogP contribution in [0, 0.1) is 0 Å². The predicted octanol–water partition coefficient (Wildman–Crippen LogP) is 0.424. The van der Waals surface area contributed by atoms with Crippen LogP contribution in [0.25, 0.3) is 10.9 Å².